The van der Waals surface area contributed by atoms with E-state index in [1.54, 1.807) is 24.3 Å². The first-order valence-corrected chi connectivity index (χ1v) is 5.83. The zero-order valence-electron chi connectivity index (χ0n) is 9.91. The Hall–Kier alpha value is -2.00. The van der Waals surface area contributed by atoms with Gasteiger partial charge in [0.15, 0.2) is 0 Å². The number of hydrogen-bond acceptors (Lipinski definition) is 2. The van der Waals surface area contributed by atoms with Crippen LogP contribution in [0.1, 0.15) is 11.1 Å². The van der Waals surface area contributed by atoms with Crippen LogP contribution in [0.25, 0.3) is 0 Å². The van der Waals surface area contributed by atoms with E-state index in [2.05, 4.69) is 0 Å². The quantitative estimate of drug-likeness (QED) is 0.653. The molecule has 2 rings (SSSR count). The molecule has 0 saturated carbocycles. The molecular formula is C14H13ClN2O. The van der Waals surface area contributed by atoms with E-state index in [1.807, 2.05) is 25.1 Å². The van der Waals surface area contributed by atoms with Crippen molar-refractivity contribution < 1.29 is 4.74 Å². The molecule has 3 N–H and O–H groups in total. The molecule has 2 aromatic rings. The molecule has 0 aliphatic carbocycles. The van der Waals surface area contributed by atoms with Gasteiger partial charge in [-0.25, -0.2) is 0 Å². The van der Waals surface area contributed by atoms with Gasteiger partial charge >= 0.3 is 0 Å². The molecule has 0 atom stereocenters. The van der Waals surface area contributed by atoms with Crippen molar-refractivity contribution in [2.24, 2.45) is 5.73 Å². The van der Waals surface area contributed by atoms with Crippen LogP contribution in [0.2, 0.25) is 5.02 Å². The lowest BCUT2D eigenvalue weighted by molar-refractivity contribution is 0.481. The highest BCUT2D eigenvalue weighted by atomic mass is 35.5. The Bertz CT molecular complexity index is 596. The number of benzene rings is 2. The van der Waals surface area contributed by atoms with Crippen LogP contribution in [-0.4, -0.2) is 5.84 Å². The zero-order chi connectivity index (χ0) is 13.1. The second-order valence-electron chi connectivity index (χ2n) is 3.95. The van der Waals surface area contributed by atoms with Crippen molar-refractivity contribution in [1.82, 2.24) is 0 Å². The smallest absolute Gasteiger partial charge is 0.146 e. The minimum atomic E-state index is -0.0335. The lowest BCUT2D eigenvalue weighted by Gasteiger charge is -2.11. The van der Waals surface area contributed by atoms with Crippen LogP contribution < -0.4 is 10.5 Å². The predicted octanol–water partition coefficient (Wildman–Crippen LogP) is 3.72. The molecule has 0 heterocycles. The number of ether oxygens (including phenoxy) is 1. The van der Waals surface area contributed by atoms with Gasteiger partial charge in [-0.05, 0) is 36.8 Å². The lowest BCUT2D eigenvalue weighted by atomic mass is 10.2. The Balaban J connectivity index is 2.37. The number of hydrogen-bond donors (Lipinski definition) is 2. The molecule has 0 saturated heterocycles. The molecule has 92 valence electrons. The normalized spacial score (nSPS) is 10.1. The topological polar surface area (TPSA) is 59.1 Å². The minimum Gasteiger partial charge on any atom is -0.455 e. The summed E-state index contributed by atoms with van der Waals surface area (Å²) in [6.07, 6.45) is 0. The van der Waals surface area contributed by atoms with E-state index in [-0.39, 0.29) is 5.84 Å². The van der Waals surface area contributed by atoms with E-state index >= 15 is 0 Å². The van der Waals surface area contributed by atoms with Crippen LogP contribution in [0.4, 0.5) is 0 Å². The molecular weight excluding hydrogens is 248 g/mol. The van der Waals surface area contributed by atoms with Crippen molar-refractivity contribution in [1.29, 1.82) is 5.41 Å². The molecule has 18 heavy (non-hydrogen) atoms. The van der Waals surface area contributed by atoms with Gasteiger partial charge in [0.1, 0.15) is 17.3 Å². The average molecular weight is 261 g/mol. The summed E-state index contributed by atoms with van der Waals surface area (Å²) >= 11 is 6.10. The summed E-state index contributed by atoms with van der Waals surface area (Å²) in [4.78, 5) is 0. The molecule has 3 nitrogen and oxygen atoms in total. The molecule has 0 unspecified atom stereocenters. The molecule has 0 aliphatic rings. The first-order valence-electron chi connectivity index (χ1n) is 5.45. The predicted molar refractivity (Wildman–Crippen MR) is 73.7 cm³/mol. The third-order valence-corrected chi connectivity index (χ3v) is 2.78. The fourth-order valence-corrected chi connectivity index (χ4v) is 1.86. The third kappa shape index (κ3) is 2.63. The summed E-state index contributed by atoms with van der Waals surface area (Å²) in [7, 11) is 0. The van der Waals surface area contributed by atoms with Crippen LogP contribution in [0.5, 0.6) is 11.5 Å². The number of aryl methyl sites for hydroxylation is 1. The van der Waals surface area contributed by atoms with E-state index in [0.29, 0.717) is 22.1 Å². The standard InChI is InChI=1S/C14H13ClN2O/c1-9-6-7-13(11(15)8-9)18-12-5-3-2-4-10(12)14(16)17/h2-8H,1H3,(H3,16,17). The van der Waals surface area contributed by atoms with Crippen LogP contribution in [-0.2, 0) is 0 Å². The van der Waals surface area contributed by atoms with Crippen molar-refractivity contribution in [2.45, 2.75) is 6.92 Å². The number of halogens is 1. The van der Waals surface area contributed by atoms with Gasteiger partial charge in [0, 0.05) is 0 Å². The largest absolute Gasteiger partial charge is 0.455 e. The van der Waals surface area contributed by atoms with Gasteiger partial charge in [0.25, 0.3) is 0 Å². The second kappa shape index (κ2) is 5.10. The Morgan fingerprint density at radius 2 is 1.89 bits per heavy atom. The maximum absolute atomic E-state index is 7.49. The zero-order valence-corrected chi connectivity index (χ0v) is 10.7. The van der Waals surface area contributed by atoms with Crippen LogP contribution in [0, 0.1) is 12.3 Å². The maximum Gasteiger partial charge on any atom is 0.146 e. The highest BCUT2D eigenvalue weighted by Gasteiger charge is 2.09. The third-order valence-electron chi connectivity index (χ3n) is 2.48. The molecule has 0 radical (unpaired) electrons. The van der Waals surface area contributed by atoms with Crippen LogP contribution in [0.3, 0.4) is 0 Å². The summed E-state index contributed by atoms with van der Waals surface area (Å²) in [6.45, 7) is 1.96. The van der Waals surface area contributed by atoms with Gasteiger partial charge < -0.3 is 10.5 Å². The monoisotopic (exact) mass is 260 g/mol. The van der Waals surface area contributed by atoms with Crippen molar-refractivity contribution in [3.05, 3.63) is 58.6 Å². The first-order chi connectivity index (χ1) is 8.58. The highest BCUT2D eigenvalue weighted by Crippen LogP contribution is 2.31. The molecule has 0 bridgehead atoms. The Kier molecular flexibility index (Phi) is 3.53. The van der Waals surface area contributed by atoms with E-state index in [0.717, 1.165) is 5.56 Å². The fourth-order valence-electron chi connectivity index (χ4n) is 1.59. The summed E-state index contributed by atoms with van der Waals surface area (Å²) < 4.78 is 5.70. The SMILES string of the molecule is Cc1ccc(Oc2ccccc2C(=N)N)c(Cl)c1. The van der Waals surface area contributed by atoms with Gasteiger partial charge in [0.2, 0.25) is 0 Å². The van der Waals surface area contributed by atoms with E-state index in [4.69, 9.17) is 27.5 Å². The van der Waals surface area contributed by atoms with Gasteiger partial charge in [-0.15, -0.1) is 0 Å². The van der Waals surface area contributed by atoms with E-state index in [1.165, 1.54) is 0 Å². The highest BCUT2D eigenvalue weighted by molar-refractivity contribution is 6.32. The Labute approximate surface area is 111 Å². The lowest BCUT2D eigenvalue weighted by Crippen LogP contribution is -2.12. The Morgan fingerprint density at radius 3 is 2.56 bits per heavy atom. The molecule has 0 amide bonds. The van der Waals surface area contributed by atoms with Crippen molar-refractivity contribution in [3.8, 4) is 11.5 Å². The van der Waals surface area contributed by atoms with Crippen LogP contribution in [0.15, 0.2) is 42.5 Å². The van der Waals surface area contributed by atoms with Gasteiger partial charge in [-0.1, -0.05) is 29.8 Å². The maximum atomic E-state index is 7.49. The number of rotatable bonds is 3. The van der Waals surface area contributed by atoms with Gasteiger partial charge in [-0.3, -0.25) is 5.41 Å². The van der Waals surface area contributed by atoms with Crippen molar-refractivity contribution in [3.63, 3.8) is 0 Å². The second-order valence-corrected chi connectivity index (χ2v) is 4.35. The van der Waals surface area contributed by atoms with Gasteiger partial charge in [0.05, 0.1) is 10.6 Å². The molecule has 4 heteroatoms. The molecule has 2 aromatic carbocycles. The molecule has 0 aliphatic heterocycles. The first kappa shape index (κ1) is 12.5. The molecule has 0 spiro atoms. The summed E-state index contributed by atoms with van der Waals surface area (Å²) in [5.74, 6) is 1.04. The minimum absolute atomic E-state index is 0.0335. The van der Waals surface area contributed by atoms with Crippen LogP contribution >= 0.6 is 11.6 Å². The summed E-state index contributed by atoms with van der Waals surface area (Å²) in [5, 5.41) is 8.03. The number of nitrogens with two attached hydrogens (primary N) is 1. The van der Waals surface area contributed by atoms with E-state index in [9.17, 15) is 0 Å². The van der Waals surface area contributed by atoms with Crippen molar-refractivity contribution >= 4 is 17.4 Å². The number of nitrogen functional groups attached to an aromatic ring is 1. The van der Waals surface area contributed by atoms with Gasteiger partial charge in [-0.2, -0.15) is 0 Å². The molecule has 0 fully saturated rings. The fraction of sp³-hybridized carbons (Fsp3) is 0.0714. The number of nitrogens with one attached hydrogen (secondary N) is 1. The number of amidine groups is 1. The number of para-hydroxylation sites is 1. The van der Waals surface area contributed by atoms with Crippen molar-refractivity contribution in [2.75, 3.05) is 0 Å². The summed E-state index contributed by atoms with van der Waals surface area (Å²) in [6, 6.07) is 12.7. The molecule has 0 aromatic heterocycles. The average Bonchev–Trinajstić information content (AvgIpc) is 2.33. The Morgan fingerprint density at radius 1 is 1.17 bits per heavy atom. The summed E-state index contributed by atoms with van der Waals surface area (Å²) in [5.41, 5.74) is 7.11. The van der Waals surface area contributed by atoms with E-state index < -0.39 is 0 Å².